The predicted molar refractivity (Wildman–Crippen MR) is 114 cm³/mol. The Hall–Kier alpha value is -2.24. The van der Waals surface area contributed by atoms with Crippen molar-refractivity contribution in [3.63, 3.8) is 0 Å². The molecule has 1 aliphatic rings. The Bertz CT molecular complexity index is 1030. The van der Waals surface area contributed by atoms with E-state index in [-0.39, 0.29) is 11.8 Å². The minimum Gasteiger partial charge on any atom is -0.333 e. The SMILES string of the molecule is C=CC(=O)N1Cc2sc(C)cc2[C@H](c2ccccc2-c2sc(C)nc2C)C1. The van der Waals surface area contributed by atoms with Crippen molar-refractivity contribution in [3.05, 3.63) is 74.6 Å². The predicted octanol–water partition coefficient (Wildman–Crippen LogP) is 5.46. The fraction of sp³-hybridized carbons (Fsp3) is 0.273. The molecule has 5 heteroatoms. The summed E-state index contributed by atoms with van der Waals surface area (Å²) in [6.45, 7) is 11.3. The van der Waals surface area contributed by atoms with Crippen LogP contribution in [-0.2, 0) is 11.3 Å². The standard InChI is InChI=1S/C22H22N2OS2/c1-5-21(25)24-11-19(18-10-13(2)26-20(18)12-24)16-8-6-7-9-17(16)22-14(3)23-15(4)27-22/h5-10,19H,1,11-12H2,2-4H3/t19-/m0/s1. The van der Waals surface area contributed by atoms with Gasteiger partial charge in [-0.3, -0.25) is 4.79 Å². The molecule has 1 atom stereocenters. The first-order valence-electron chi connectivity index (χ1n) is 9.01. The molecule has 0 fully saturated rings. The summed E-state index contributed by atoms with van der Waals surface area (Å²) in [7, 11) is 0. The summed E-state index contributed by atoms with van der Waals surface area (Å²) >= 11 is 3.53. The number of hydrogen-bond acceptors (Lipinski definition) is 4. The van der Waals surface area contributed by atoms with E-state index >= 15 is 0 Å². The molecule has 0 saturated carbocycles. The van der Waals surface area contributed by atoms with Crippen molar-refractivity contribution in [2.24, 2.45) is 0 Å². The zero-order valence-electron chi connectivity index (χ0n) is 15.8. The molecule has 1 aromatic carbocycles. The summed E-state index contributed by atoms with van der Waals surface area (Å²) in [5, 5.41) is 1.08. The highest BCUT2D eigenvalue weighted by atomic mass is 32.1. The largest absolute Gasteiger partial charge is 0.333 e. The molecule has 1 aliphatic heterocycles. The van der Waals surface area contributed by atoms with Gasteiger partial charge in [0.1, 0.15) is 0 Å². The van der Waals surface area contributed by atoms with Crippen LogP contribution in [0.2, 0.25) is 0 Å². The second kappa shape index (κ2) is 7.06. The normalized spacial score (nSPS) is 16.3. The quantitative estimate of drug-likeness (QED) is 0.553. The number of fused-ring (bicyclic) bond motifs is 1. The van der Waals surface area contributed by atoms with E-state index in [0.29, 0.717) is 13.1 Å². The van der Waals surface area contributed by atoms with Crippen LogP contribution in [0.15, 0.2) is 43.0 Å². The van der Waals surface area contributed by atoms with Crippen LogP contribution in [-0.4, -0.2) is 22.3 Å². The molecule has 0 bridgehead atoms. The van der Waals surface area contributed by atoms with Gasteiger partial charge in [0.2, 0.25) is 5.91 Å². The van der Waals surface area contributed by atoms with Crippen LogP contribution in [0.1, 0.15) is 37.5 Å². The average Bonchev–Trinajstić information content (AvgIpc) is 3.20. The fourth-order valence-corrected chi connectivity index (χ4v) is 5.99. The van der Waals surface area contributed by atoms with Crippen molar-refractivity contribution < 1.29 is 4.79 Å². The number of amides is 1. The van der Waals surface area contributed by atoms with Gasteiger partial charge in [0, 0.05) is 22.2 Å². The maximum absolute atomic E-state index is 12.4. The second-order valence-corrected chi connectivity index (χ2v) is 9.49. The first-order chi connectivity index (χ1) is 13.0. The van der Waals surface area contributed by atoms with E-state index in [1.54, 1.807) is 22.7 Å². The molecule has 0 unspecified atom stereocenters. The van der Waals surface area contributed by atoms with Crippen LogP contribution >= 0.6 is 22.7 Å². The number of aryl methyl sites for hydroxylation is 3. The molecular weight excluding hydrogens is 372 g/mol. The van der Waals surface area contributed by atoms with E-state index in [0.717, 1.165) is 10.7 Å². The van der Waals surface area contributed by atoms with Crippen molar-refractivity contribution in [2.45, 2.75) is 33.2 Å². The van der Waals surface area contributed by atoms with Crippen molar-refractivity contribution in [3.8, 4) is 10.4 Å². The number of nitrogens with zero attached hydrogens (tertiary/aromatic N) is 2. The molecule has 0 aliphatic carbocycles. The third kappa shape index (κ3) is 3.26. The number of carbonyl (C=O) groups excluding carboxylic acids is 1. The smallest absolute Gasteiger partial charge is 0.246 e. The van der Waals surface area contributed by atoms with Gasteiger partial charge in [-0.2, -0.15) is 0 Å². The first kappa shape index (κ1) is 18.1. The Kier molecular flexibility index (Phi) is 4.74. The summed E-state index contributed by atoms with van der Waals surface area (Å²) in [6.07, 6.45) is 1.42. The molecule has 3 aromatic rings. The van der Waals surface area contributed by atoms with Crippen LogP contribution in [0, 0.1) is 20.8 Å². The van der Waals surface area contributed by atoms with E-state index in [1.165, 1.54) is 37.4 Å². The summed E-state index contributed by atoms with van der Waals surface area (Å²) in [6, 6.07) is 10.9. The van der Waals surface area contributed by atoms with Crippen LogP contribution < -0.4 is 0 Å². The van der Waals surface area contributed by atoms with Crippen molar-refractivity contribution in [1.29, 1.82) is 0 Å². The average molecular weight is 395 g/mol. The van der Waals surface area contributed by atoms with E-state index in [1.807, 2.05) is 4.90 Å². The van der Waals surface area contributed by atoms with Gasteiger partial charge in [0.05, 0.1) is 22.1 Å². The molecule has 0 spiro atoms. The van der Waals surface area contributed by atoms with Crippen molar-refractivity contribution in [1.82, 2.24) is 9.88 Å². The van der Waals surface area contributed by atoms with Crippen LogP contribution in [0.4, 0.5) is 0 Å². The highest BCUT2D eigenvalue weighted by molar-refractivity contribution is 7.15. The number of carbonyl (C=O) groups is 1. The molecule has 3 nitrogen and oxygen atoms in total. The van der Waals surface area contributed by atoms with Crippen LogP contribution in [0.5, 0.6) is 0 Å². The lowest BCUT2D eigenvalue weighted by atomic mass is 9.85. The lowest BCUT2D eigenvalue weighted by Crippen LogP contribution is -2.37. The molecule has 0 radical (unpaired) electrons. The Morgan fingerprint density at radius 2 is 2.00 bits per heavy atom. The molecule has 27 heavy (non-hydrogen) atoms. The Morgan fingerprint density at radius 1 is 1.22 bits per heavy atom. The maximum atomic E-state index is 12.4. The molecule has 4 rings (SSSR count). The third-order valence-electron chi connectivity index (χ3n) is 5.05. The van der Waals surface area contributed by atoms with E-state index in [2.05, 4.69) is 62.7 Å². The molecule has 2 aromatic heterocycles. The van der Waals surface area contributed by atoms with Gasteiger partial charge in [-0.1, -0.05) is 30.8 Å². The van der Waals surface area contributed by atoms with Gasteiger partial charge < -0.3 is 4.90 Å². The number of thiophene rings is 1. The third-order valence-corrected chi connectivity index (χ3v) is 7.21. The highest BCUT2D eigenvalue weighted by Crippen LogP contribution is 2.43. The zero-order valence-corrected chi connectivity index (χ0v) is 17.4. The molecular formula is C22H22N2OS2. The highest BCUT2D eigenvalue weighted by Gasteiger charge is 2.31. The number of thiazole rings is 1. The number of benzene rings is 1. The summed E-state index contributed by atoms with van der Waals surface area (Å²) in [5.41, 5.74) is 4.93. The topological polar surface area (TPSA) is 33.2 Å². The Balaban J connectivity index is 1.86. The number of aromatic nitrogens is 1. The van der Waals surface area contributed by atoms with Crippen LogP contribution in [0.3, 0.4) is 0 Å². The molecule has 0 N–H and O–H groups in total. The first-order valence-corrected chi connectivity index (χ1v) is 10.6. The summed E-state index contributed by atoms with van der Waals surface area (Å²) < 4.78 is 0. The lowest BCUT2D eigenvalue weighted by Gasteiger charge is -2.33. The Morgan fingerprint density at radius 3 is 2.70 bits per heavy atom. The second-order valence-electron chi connectivity index (χ2n) is 6.95. The van der Waals surface area contributed by atoms with Crippen LogP contribution in [0.25, 0.3) is 10.4 Å². The zero-order chi connectivity index (χ0) is 19.1. The van der Waals surface area contributed by atoms with Gasteiger partial charge in [-0.05, 0) is 49.6 Å². The van der Waals surface area contributed by atoms with E-state index in [9.17, 15) is 4.79 Å². The maximum Gasteiger partial charge on any atom is 0.246 e. The molecule has 0 saturated heterocycles. The van der Waals surface area contributed by atoms with Gasteiger partial charge >= 0.3 is 0 Å². The van der Waals surface area contributed by atoms with E-state index < -0.39 is 0 Å². The summed E-state index contributed by atoms with van der Waals surface area (Å²) in [4.78, 5) is 22.7. The fourth-order valence-electron chi connectivity index (χ4n) is 3.91. The van der Waals surface area contributed by atoms with E-state index in [4.69, 9.17) is 0 Å². The van der Waals surface area contributed by atoms with Gasteiger partial charge in [0.15, 0.2) is 0 Å². The lowest BCUT2D eigenvalue weighted by molar-refractivity contribution is -0.127. The Labute approximate surface area is 168 Å². The van der Waals surface area contributed by atoms with Gasteiger partial charge in [-0.15, -0.1) is 22.7 Å². The van der Waals surface area contributed by atoms with Gasteiger partial charge in [-0.25, -0.2) is 4.98 Å². The number of rotatable bonds is 3. The van der Waals surface area contributed by atoms with Gasteiger partial charge in [0.25, 0.3) is 0 Å². The minimum atomic E-state index is -0.000926. The van der Waals surface area contributed by atoms with Crippen molar-refractivity contribution in [2.75, 3.05) is 6.54 Å². The number of hydrogen-bond donors (Lipinski definition) is 0. The molecule has 138 valence electrons. The summed E-state index contributed by atoms with van der Waals surface area (Å²) in [5.74, 6) is 0.166. The van der Waals surface area contributed by atoms with Crippen molar-refractivity contribution >= 4 is 28.6 Å². The minimum absolute atomic E-state index is 0.000926. The monoisotopic (exact) mass is 394 g/mol. The molecule has 3 heterocycles. The molecule has 1 amide bonds.